The third-order valence-electron chi connectivity index (χ3n) is 3.39. The number of hydrogen-bond acceptors (Lipinski definition) is 3. The summed E-state index contributed by atoms with van der Waals surface area (Å²) >= 11 is 1.64. The molecule has 0 radical (unpaired) electrons. The molecule has 2 nitrogen and oxygen atoms in total. The minimum Gasteiger partial charge on any atom is -0.464 e. The molecule has 2 aromatic heterocycles. The van der Waals surface area contributed by atoms with Crippen LogP contribution in [0.1, 0.15) is 0 Å². The van der Waals surface area contributed by atoms with Gasteiger partial charge in [-0.3, -0.25) is 4.79 Å². The zero-order chi connectivity index (χ0) is 13.5. The third kappa shape index (κ3) is 1.60. The third-order valence-corrected chi connectivity index (χ3v) is 4.53. The molecule has 0 spiro atoms. The lowest BCUT2D eigenvalue weighted by molar-refractivity contribution is 0.583. The molecular weight excluding hydrogens is 268 g/mol. The number of hydrogen-bond donors (Lipinski definition) is 0. The van der Waals surface area contributed by atoms with Crippen LogP contribution in [0.4, 0.5) is 0 Å². The van der Waals surface area contributed by atoms with Gasteiger partial charge in [0.15, 0.2) is 5.43 Å². The first-order valence-corrected chi connectivity index (χ1v) is 7.15. The van der Waals surface area contributed by atoms with Crippen LogP contribution in [-0.4, -0.2) is 0 Å². The van der Waals surface area contributed by atoms with Gasteiger partial charge < -0.3 is 4.42 Å². The van der Waals surface area contributed by atoms with Crippen molar-refractivity contribution in [2.45, 2.75) is 0 Å². The molecule has 4 aromatic rings. The average molecular weight is 278 g/mol. The molecule has 0 N–H and O–H groups in total. The first-order chi connectivity index (χ1) is 9.84. The summed E-state index contributed by atoms with van der Waals surface area (Å²) in [5, 5.41) is 1.51. The summed E-state index contributed by atoms with van der Waals surface area (Å²) in [6.45, 7) is 0. The van der Waals surface area contributed by atoms with E-state index in [0.29, 0.717) is 0 Å². The van der Waals surface area contributed by atoms with Crippen molar-refractivity contribution in [1.82, 2.24) is 0 Å². The Morgan fingerprint density at radius 2 is 1.70 bits per heavy atom. The molecule has 0 aliphatic heterocycles. The Bertz CT molecular complexity index is 965. The summed E-state index contributed by atoms with van der Waals surface area (Å²) < 4.78 is 7.46. The van der Waals surface area contributed by atoms with E-state index in [1.165, 1.54) is 0 Å². The first kappa shape index (κ1) is 11.4. The van der Waals surface area contributed by atoms with Gasteiger partial charge in [0.25, 0.3) is 0 Å². The fraction of sp³-hybridized carbons (Fsp3) is 0. The Kier molecular flexibility index (Phi) is 2.47. The summed E-state index contributed by atoms with van der Waals surface area (Å²) in [7, 11) is 0. The summed E-state index contributed by atoms with van der Waals surface area (Å²) in [4.78, 5) is 12.8. The van der Waals surface area contributed by atoms with Crippen LogP contribution in [0.2, 0.25) is 0 Å². The predicted octanol–water partition coefficient (Wildman–Crippen LogP) is 4.67. The summed E-state index contributed by atoms with van der Waals surface area (Å²) in [5.74, 6) is 0.732. The van der Waals surface area contributed by atoms with E-state index in [0.717, 1.165) is 31.5 Å². The van der Waals surface area contributed by atoms with Crippen LogP contribution in [0.25, 0.3) is 31.5 Å². The Hall–Kier alpha value is -2.39. The van der Waals surface area contributed by atoms with Crippen LogP contribution in [0.5, 0.6) is 0 Å². The molecule has 2 heterocycles. The van der Waals surface area contributed by atoms with Gasteiger partial charge in [-0.05, 0) is 30.3 Å². The van der Waals surface area contributed by atoms with Crippen molar-refractivity contribution < 1.29 is 4.42 Å². The van der Waals surface area contributed by atoms with Crippen LogP contribution in [-0.2, 0) is 0 Å². The maximum Gasteiger partial charge on any atom is 0.196 e. The molecule has 96 valence electrons. The van der Waals surface area contributed by atoms with E-state index in [2.05, 4.69) is 0 Å². The van der Waals surface area contributed by atoms with Gasteiger partial charge in [0.1, 0.15) is 5.76 Å². The van der Waals surface area contributed by atoms with E-state index >= 15 is 0 Å². The number of furan rings is 1. The molecule has 20 heavy (non-hydrogen) atoms. The van der Waals surface area contributed by atoms with Gasteiger partial charge >= 0.3 is 0 Å². The van der Waals surface area contributed by atoms with Gasteiger partial charge in [-0.15, -0.1) is 11.3 Å². The highest BCUT2D eigenvalue weighted by Gasteiger charge is 2.12. The smallest absolute Gasteiger partial charge is 0.196 e. The van der Waals surface area contributed by atoms with Crippen LogP contribution in [0, 0.1) is 0 Å². The van der Waals surface area contributed by atoms with Crippen LogP contribution in [0.3, 0.4) is 0 Å². The van der Waals surface area contributed by atoms with Crippen molar-refractivity contribution in [3.63, 3.8) is 0 Å². The van der Waals surface area contributed by atoms with E-state index in [4.69, 9.17) is 4.42 Å². The van der Waals surface area contributed by atoms with Gasteiger partial charge in [0.05, 0.1) is 11.6 Å². The highest BCUT2D eigenvalue weighted by Crippen LogP contribution is 2.31. The zero-order valence-electron chi connectivity index (χ0n) is 10.5. The normalized spacial score (nSPS) is 11.2. The maximum atomic E-state index is 12.8. The lowest BCUT2D eigenvalue weighted by Crippen LogP contribution is -2.02. The minimum atomic E-state index is 0.0707. The monoisotopic (exact) mass is 278 g/mol. The van der Waals surface area contributed by atoms with Crippen molar-refractivity contribution in [2.75, 3.05) is 0 Å². The molecule has 0 aliphatic carbocycles. The molecule has 0 saturated carbocycles. The molecule has 0 amide bonds. The highest BCUT2D eigenvalue weighted by molar-refractivity contribution is 7.24. The van der Waals surface area contributed by atoms with Gasteiger partial charge in [0.2, 0.25) is 0 Å². The van der Waals surface area contributed by atoms with Crippen molar-refractivity contribution in [3.8, 4) is 11.3 Å². The topological polar surface area (TPSA) is 30.2 Å². The Morgan fingerprint density at radius 1 is 0.850 bits per heavy atom. The molecule has 0 fully saturated rings. The van der Waals surface area contributed by atoms with E-state index in [9.17, 15) is 4.79 Å². The summed E-state index contributed by atoms with van der Waals surface area (Å²) in [6, 6.07) is 17.3. The Balaban J connectivity index is 2.23. The average Bonchev–Trinajstić information content (AvgIpc) is 3.01. The summed E-state index contributed by atoms with van der Waals surface area (Å²) in [5.41, 5.74) is 0.931. The molecule has 0 saturated heterocycles. The molecule has 0 atom stereocenters. The Labute approximate surface area is 118 Å². The number of rotatable bonds is 1. The second-order valence-corrected chi connectivity index (χ2v) is 5.67. The highest BCUT2D eigenvalue weighted by atomic mass is 32.1. The number of fused-ring (bicyclic) bond motifs is 2. The van der Waals surface area contributed by atoms with Crippen molar-refractivity contribution in [1.29, 1.82) is 0 Å². The molecule has 2 aromatic carbocycles. The second-order valence-electron chi connectivity index (χ2n) is 4.58. The predicted molar refractivity (Wildman–Crippen MR) is 83.3 cm³/mol. The van der Waals surface area contributed by atoms with E-state index in [1.807, 2.05) is 54.6 Å². The standard InChI is InChI=1S/C17H10O2S/c18-17-12-5-1-2-8-14(12)20-15-9-3-6-11(16(15)17)13-7-4-10-19-13/h1-10H. The SMILES string of the molecule is O=c1c2ccccc2sc2cccc(-c3ccco3)c12. The van der Waals surface area contributed by atoms with Gasteiger partial charge in [-0.25, -0.2) is 0 Å². The quantitative estimate of drug-likeness (QED) is 0.473. The van der Waals surface area contributed by atoms with Gasteiger partial charge in [0, 0.05) is 20.3 Å². The molecule has 0 aliphatic rings. The number of benzene rings is 2. The summed E-state index contributed by atoms with van der Waals surface area (Å²) in [6.07, 6.45) is 1.63. The Morgan fingerprint density at radius 3 is 2.55 bits per heavy atom. The van der Waals surface area contributed by atoms with E-state index in [-0.39, 0.29) is 5.43 Å². The van der Waals surface area contributed by atoms with Gasteiger partial charge in [-0.2, -0.15) is 0 Å². The van der Waals surface area contributed by atoms with Crippen LogP contribution < -0.4 is 5.43 Å². The maximum absolute atomic E-state index is 12.8. The fourth-order valence-corrected chi connectivity index (χ4v) is 3.59. The van der Waals surface area contributed by atoms with Crippen molar-refractivity contribution in [3.05, 3.63) is 71.1 Å². The van der Waals surface area contributed by atoms with Crippen molar-refractivity contribution in [2.24, 2.45) is 0 Å². The van der Waals surface area contributed by atoms with E-state index < -0.39 is 0 Å². The van der Waals surface area contributed by atoms with Crippen molar-refractivity contribution >= 4 is 31.5 Å². The van der Waals surface area contributed by atoms with E-state index in [1.54, 1.807) is 17.6 Å². The van der Waals surface area contributed by atoms with Crippen LogP contribution in [0.15, 0.2) is 70.1 Å². The first-order valence-electron chi connectivity index (χ1n) is 6.33. The van der Waals surface area contributed by atoms with Gasteiger partial charge in [-0.1, -0.05) is 24.3 Å². The lowest BCUT2D eigenvalue weighted by atomic mass is 10.1. The molecule has 0 unspecified atom stereocenters. The molecular formula is C17H10O2S. The fourth-order valence-electron chi connectivity index (χ4n) is 2.48. The minimum absolute atomic E-state index is 0.0707. The second kappa shape index (κ2) is 4.32. The molecule has 4 rings (SSSR count). The zero-order valence-corrected chi connectivity index (χ0v) is 11.3. The molecule has 3 heteroatoms. The van der Waals surface area contributed by atoms with Crippen LogP contribution >= 0.6 is 11.3 Å². The lowest BCUT2D eigenvalue weighted by Gasteiger charge is -2.04. The largest absolute Gasteiger partial charge is 0.464 e. The molecule has 0 bridgehead atoms.